The number of hydrogen-bond donors (Lipinski definition) is 1. The molecule has 1 fully saturated rings. The molecular weight excluding hydrogens is 286 g/mol. The van der Waals surface area contributed by atoms with E-state index < -0.39 is 0 Å². The van der Waals surface area contributed by atoms with Crippen molar-refractivity contribution in [2.45, 2.75) is 19.8 Å². The molecule has 0 bridgehead atoms. The van der Waals surface area contributed by atoms with Crippen molar-refractivity contribution in [3.8, 4) is 6.07 Å². The number of carbonyl (C=O) groups excluding carboxylic acids is 1. The standard InChI is InChI=1S/C16H21N3O.ClH/c1-2-18-12-14-7-9-19(10-8-14)16(20)15-5-3-13(11-17)4-6-15;/h3-6,14,18H,2,7-10,12H2,1H3;1H. The number of rotatable bonds is 4. The monoisotopic (exact) mass is 307 g/mol. The molecule has 21 heavy (non-hydrogen) atoms. The Bertz CT molecular complexity index is 487. The van der Waals surface area contributed by atoms with E-state index in [9.17, 15) is 4.79 Å². The predicted molar refractivity (Wildman–Crippen MR) is 85.6 cm³/mol. The maximum absolute atomic E-state index is 12.3. The quantitative estimate of drug-likeness (QED) is 0.929. The second-order valence-corrected chi connectivity index (χ2v) is 5.23. The zero-order valence-corrected chi connectivity index (χ0v) is 13.2. The summed E-state index contributed by atoms with van der Waals surface area (Å²) in [7, 11) is 0. The number of nitrogens with one attached hydrogen (secondary N) is 1. The molecule has 0 unspecified atom stereocenters. The first-order chi connectivity index (χ1) is 9.74. The molecule has 1 aromatic carbocycles. The van der Waals surface area contributed by atoms with Crippen LogP contribution in [-0.2, 0) is 0 Å². The lowest BCUT2D eigenvalue weighted by atomic mass is 9.96. The minimum Gasteiger partial charge on any atom is -0.339 e. The van der Waals surface area contributed by atoms with Gasteiger partial charge in [0.05, 0.1) is 11.6 Å². The summed E-state index contributed by atoms with van der Waals surface area (Å²) in [5, 5.41) is 12.1. The molecule has 0 aromatic heterocycles. The minimum atomic E-state index is 0. The molecule has 1 amide bonds. The topological polar surface area (TPSA) is 56.1 Å². The molecule has 0 spiro atoms. The van der Waals surface area contributed by atoms with Gasteiger partial charge >= 0.3 is 0 Å². The number of likely N-dealkylation sites (tertiary alicyclic amines) is 1. The molecular formula is C16H22ClN3O. The van der Waals surface area contributed by atoms with Gasteiger partial charge in [-0.05, 0) is 56.1 Å². The van der Waals surface area contributed by atoms with Gasteiger partial charge in [0.2, 0.25) is 0 Å². The van der Waals surface area contributed by atoms with E-state index in [1.165, 1.54) is 0 Å². The molecule has 0 atom stereocenters. The van der Waals surface area contributed by atoms with Crippen LogP contribution in [0.4, 0.5) is 0 Å². The molecule has 1 aliphatic heterocycles. The fourth-order valence-electron chi connectivity index (χ4n) is 2.56. The fourth-order valence-corrected chi connectivity index (χ4v) is 2.56. The van der Waals surface area contributed by atoms with Gasteiger partial charge in [-0.1, -0.05) is 6.92 Å². The van der Waals surface area contributed by atoms with Crippen LogP contribution in [0.1, 0.15) is 35.7 Å². The number of piperidine rings is 1. The van der Waals surface area contributed by atoms with Gasteiger partial charge in [0, 0.05) is 18.7 Å². The Hall–Kier alpha value is -1.57. The summed E-state index contributed by atoms with van der Waals surface area (Å²) in [6, 6.07) is 8.95. The molecule has 0 aliphatic carbocycles. The lowest BCUT2D eigenvalue weighted by Gasteiger charge is -2.32. The van der Waals surface area contributed by atoms with Crippen LogP contribution in [0.25, 0.3) is 0 Å². The van der Waals surface area contributed by atoms with Gasteiger partial charge in [0.1, 0.15) is 0 Å². The lowest BCUT2D eigenvalue weighted by molar-refractivity contribution is 0.0690. The van der Waals surface area contributed by atoms with E-state index in [1.54, 1.807) is 24.3 Å². The average Bonchev–Trinajstić information content (AvgIpc) is 2.53. The SMILES string of the molecule is CCNCC1CCN(C(=O)c2ccc(C#N)cc2)CC1.Cl. The van der Waals surface area contributed by atoms with Gasteiger partial charge in [-0.25, -0.2) is 0 Å². The van der Waals surface area contributed by atoms with Crippen LogP contribution >= 0.6 is 12.4 Å². The Labute approximate surface area is 132 Å². The van der Waals surface area contributed by atoms with E-state index in [2.05, 4.69) is 18.3 Å². The summed E-state index contributed by atoms with van der Waals surface area (Å²) in [6.07, 6.45) is 2.13. The van der Waals surface area contributed by atoms with Gasteiger partial charge in [-0.2, -0.15) is 5.26 Å². The number of benzene rings is 1. The highest BCUT2D eigenvalue weighted by Crippen LogP contribution is 2.18. The van der Waals surface area contributed by atoms with E-state index in [1.807, 2.05) is 4.90 Å². The average molecular weight is 308 g/mol. The van der Waals surface area contributed by atoms with E-state index in [0.717, 1.165) is 39.0 Å². The normalized spacial score (nSPS) is 15.1. The fraction of sp³-hybridized carbons (Fsp3) is 0.500. The van der Waals surface area contributed by atoms with Crippen molar-refractivity contribution in [2.24, 2.45) is 5.92 Å². The number of hydrogen-bond acceptors (Lipinski definition) is 3. The second-order valence-electron chi connectivity index (χ2n) is 5.23. The maximum Gasteiger partial charge on any atom is 0.253 e. The summed E-state index contributed by atoms with van der Waals surface area (Å²) in [5.41, 5.74) is 1.26. The Morgan fingerprint density at radius 3 is 2.48 bits per heavy atom. The van der Waals surface area contributed by atoms with Crippen LogP contribution in [0.5, 0.6) is 0 Å². The van der Waals surface area contributed by atoms with Crippen LogP contribution in [0.2, 0.25) is 0 Å². The Morgan fingerprint density at radius 1 is 1.33 bits per heavy atom. The summed E-state index contributed by atoms with van der Waals surface area (Å²) >= 11 is 0. The second kappa shape index (κ2) is 8.66. The molecule has 2 rings (SSSR count). The van der Waals surface area contributed by atoms with E-state index >= 15 is 0 Å². The van der Waals surface area contributed by atoms with Gasteiger partial charge in [-0.3, -0.25) is 4.79 Å². The third kappa shape index (κ3) is 4.73. The summed E-state index contributed by atoms with van der Waals surface area (Å²) < 4.78 is 0. The maximum atomic E-state index is 12.3. The number of carbonyl (C=O) groups is 1. The molecule has 0 saturated carbocycles. The molecule has 1 N–H and O–H groups in total. The van der Waals surface area contributed by atoms with Gasteiger partial charge in [-0.15, -0.1) is 12.4 Å². The largest absolute Gasteiger partial charge is 0.339 e. The molecule has 5 heteroatoms. The van der Waals surface area contributed by atoms with Crippen LogP contribution in [-0.4, -0.2) is 37.0 Å². The first kappa shape index (κ1) is 17.5. The Kier molecular flexibility index (Phi) is 7.21. The lowest BCUT2D eigenvalue weighted by Crippen LogP contribution is -2.40. The third-order valence-electron chi connectivity index (χ3n) is 3.85. The smallest absolute Gasteiger partial charge is 0.253 e. The van der Waals surface area contributed by atoms with Crippen molar-refractivity contribution < 1.29 is 4.79 Å². The highest BCUT2D eigenvalue weighted by molar-refractivity contribution is 5.94. The van der Waals surface area contributed by atoms with Crippen LogP contribution in [0.15, 0.2) is 24.3 Å². The van der Waals surface area contributed by atoms with Crippen LogP contribution in [0, 0.1) is 17.2 Å². The summed E-state index contributed by atoms with van der Waals surface area (Å²) in [4.78, 5) is 14.3. The van der Waals surface area contributed by atoms with Crippen molar-refractivity contribution >= 4 is 18.3 Å². The molecule has 1 aliphatic rings. The molecule has 0 radical (unpaired) electrons. The summed E-state index contributed by atoms with van der Waals surface area (Å²) in [5.74, 6) is 0.761. The molecule has 1 saturated heterocycles. The van der Waals surface area contributed by atoms with Gasteiger partial charge in [0.25, 0.3) is 5.91 Å². The Balaban J connectivity index is 0.00000220. The van der Waals surface area contributed by atoms with Crippen molar-refractivity contribution in [3.63, 3.8) is 0 Å². The van der Waals surface area contributed by atoms with E-state index in [0.29, 0.717) is 17.0 Å². The van der Waals surface area contributed by atoms with E-state index in [-0.39, 0.29) is 18.3 Å². The highest BCUT2D eigenvalue weighted by atomic mass is 35.5. The van der Waals surface area contributed by atoms with Crippen molar-refractivity contribution in [2.75, 3.05) is 26.2 Å². The van der Waals surface area contributed by atoms with Gasteiger partial charge < -0.3 is 10.2 Å². The molecule has 4 nitrogen and oxygen atoms in total. The van der Waals surface area contributed by atoms with Crippen molar-refractivity contribution in [1.29, 1.82) is 5.26 Å². The van der Waals surface area contributed by atoms with Crippen molar-refractivity contribution in [1.82, 2.24) is 10.2 Å². The molecule has 1 aromatic rings. The predicted octanol–water partition coefficient (Wildman–Crippen LogP) is 2.44. The molecule has 1 heterocycles. The Morgan fingerprint density at radius 2 is 1.95 bits per heavy atom. The number of nitriles is 1. The minimum absolute atomic E-state index is 0. The zero-order valence-electron chi connectivity index (χ0n) is 12.3. The summed E-state index contributed by atoms with van der Waals surface area (Å²) in [6.45, 7) is 5.83. The van der Waals surface area contributed by atoms with Gasteiger partial charge in [0.15, 0.2) is 0 Å². The van der Waals surface area contributed by atoms with Crippen LogP contribution in [0.3, 0.4) is 0 Å². The van der Waals surface area contributed by atoms with Crippen molar-refractivity contribution in [3.05, 3.63) is 35.4 Å². The number of halogens is 1. The highest BCUT2D eigenvalue weighted by Gasteiger charge is 2.23. The number of nitrogens with zero attached hydrogens (tertiary/aromatic N) is 2. The third-order valence-corrected chi connectivity index (χ3v) is 3.85. The molecule has 114 valence electrons. The first-order valence-electron chi connectivity index (χ1n) is 7.24. The zero-order chi connectivity index (χ0) is 14.4. The van der Waals surface area contributed by atoms with Crippen LogP contribution < -0.4 is 5.32 Å². The number of amides is 1. The first-order valence-corrected chi connectivity index (χ1v) is 7.24. The van der Waals surface area contributed by atoms with E-state index in [4.69, 9.17) is 5.26 Å².